The molecule has 0 amide bonds. The number of nitrogens with two attached hydrogens (primary N) is 1. The summed E-state index contributed by atoms with van der Waals surface area (Å²) in [5.74, 6) is 0.326. The second-order valence-electron chi connectivity index (χ2n) is 3.79. The molecule has 106 valence electrons. The molecule has 0 unspecified atom stereocenters. The zero-order chi connectivity index (χ0) is 15.2. The van der Waals surface area contributed by atoms with E-state index in [1.807, 2.05) is 0 Å². The monoisotopic (exact) mass is 303 g/mol. The minimum atomic E-state index is -0.425. The Bertz CT molecular complexity index is 731. The molecule has 4 N–H and O–H groups in total. The number of para-hydroxylation sites is 1. The van der Waals surface area contributed by atoms with Gasteiger partial charge < -0.3 is 10.3 Å². The normalized spacial score (nSPS) is 11.0. The highest BCUT2D eigenvalue weighted by Crippen LogP contribution is 2.25. The number of halogens is 1. The molecular formula is C12H10ClN7O. The number of hydrazone groups is 1. The van der Waals surface area contributed by atoms with Crippen molar-refractivity contribution in [1.82, 2.24) is 10.1 Å². The highest BCUT2D eigenvalue weighted by Gasteiger charge is 2.12. The quantitative estimate of drug-likeness (QED) is 0.333. The average Bonchev–Trinajstić information content (AvgIpc) is 2.97. The van der Waals surface area contributed by atoms with Crippen LogP contribution in [0.25, 0.3) is 11.4 Å². The van der Waals surface area contributed by atoms with E-state index < -0.39 is 5.84 Å². The number of hydrogen-bond donors (Lipinski definition) is 3. The number of benzene rings is 1. The van der Waals surface area contributed by atoms with Crippen molar-refractivity contribution in [3.8, 4) is 17.5 Å². The molecule has 0 fully saturated rings. The summed E-state index contributed by atoms with van der Waals surface area (Å²) in [6, 6.07) is 8.73. The molecule has 1 aromatic carbocycles. The van der Waals surface area contributed by atoms with Gasteiger partial charge in [0.15, 0.2) is 5.84 Å². The van der Waals surface area contributed by atoms with Gasteiger partial charge in [0.05, 0.1) is 5.69 Å². The number of aromatic nitrogens is 2. The SMILES string of the molecule is N#C/C(=N\Nc1ccccc1-c1noc(CCl)n1)C(=N)N. The van der Waals surface area contributed by atoms with Crippen molar-refractivity contribution in [2.75, 3.05) is 5.43 Å². The molecule has 2 aromatic rings. The second-order valence-corrected chi connectivity index (χ2v) is 4.06. The van der Waals surface area contributed by atoms with Gasteiger partial charge in [-0.2, -0.15) is 15.3 Å². The van der Waals surface area contributed by atoms with Crippen molar-refractivity contribution in [1.29, 1.82) is 10.7 Å². The summed E-state index contributed by atoms with van der Waals surface area (Å²) >= 11 is 5.62. The predicted molar refractivity (Wildman–Crippen MR) is 77.9 cm³/mol. The lowest BCUT2D eigenvalue weighted by Crippen LogP contribution is -2.21. The Balaban J connectivity index is 2.34. The van der Waals surface area contributed by atoms with Gasteiger partial charge in [0.1, 0.15) is 11.9 Å². The highest BCUT2D eigenvalue weighted by atomic mass is 35.5. The van der Waals surface area contributed by atoms with Gasteiger partial charge in [-0.1, -0.05) is 17.3 Å². The lowest BCUT2D eigenvalue weighted by Gasteiger charge is -2.05. The molecule has 0 aliphatic rings. The van der Waals surface area contributed by atoms with Gasteiger partial charge in [0, 0.05) is 5.56 Å². The molecule has 0 radical (unpaired) electrons. The van der Waals surface area contributed by atoms with Crippen LogP contribution in [0.2, 0.25) is 0 Å². The molecule has 0 aliphatic heterocycles. The molecule has 0 aliphatic carbocycles. The van der Waals surface area contributed by atoms with E-state index in [9.17, 15) is 0 Å². The van der Waals surface area contributed by atoms with Crippen LogP contribution >= 0.6 is 11.6 Å². The minimum absolute atomic E-state index is 0.115. The number of hydrogen-bond acceptors (Lipinski definition) is 7. The highest BCUT2D eigenvalue weighted by molar-refractivity contribution is 6.45. The zero-order valence-corrected chi connectivity index (χ0v) is 11.4. The Kier molecular flexibility index (Phi) is 4.48. The fourth-order valence-electron chi connectivity index (χ4n) is 1.46. The molecular weight excluding hydrogens is 294 g/mol. The number of anilines is 1. The van der Waals surface area contributed by atoms with E-state index in [4.69, 9.17) is 32.5 Å². The van der Waals surface area contributed by atoms with Crippen molar-refractivity contribution >= 4 is 28.8 Å². The van der Waals surface area contributed by atoms with Gasteiger partial charge in [0.2, 0.25) is 17.4 Å². The number of amidine groups is 1. The molecule has 0 spiro atoms. The largest absolute Gasteiger partial charge is 0.382 e. The van der Waals surface area contributed by atoms with E-state index in [2.05, 4.69) is 20.7 Å². The smallest absolute Gasteiger partial charge is 0.241 e. The van der Waals surface area contributed by atoms with Gasteiger partial charge in [-0.15, -0.1) is 11.6 Å². The Labute approximate surface area is 124 Å². The first kappa shape index (κ1) is 14.5. The third-order valence-electron chi connectivity index (χ3n) is 2.40. The Morgan fingerprint density at radius 1 is 1.52 bits per heavy atom. The van der Waals surface area contributed by atoms with Crippen LogP contribution in [-0.4, -0.2) is 21.7 Å². The minimum Gasteiger partial charge on any atom is -0.382 e. The van der Waals surface area contributed by atoms with Crippen molar-refractivity contribution in [3.05, 3.63) is 30.2 Å². The molecule has 1 heterocycles. The van der Waals surface area contributed by atoms with E-state index in [0.29, 0.717) is 23.0 Å². The molecule has 0 saturated heterocycles. The molecule has 8 nitrogen and oxygen atoms in total. The molecule has 9 heteroatoms. The van der Waals surface area contributed by atoms with Crippen LogP contribution in [0.1, 0.15) is 5.89 Å². The second kappa shape index (κ2) is 6.49. The van der Waals surface area contributed by atoms with E-state index in [1.54, 1.807) is 30.3 Å². The first-order valence-electron chi connectivity index (χ1n) is 5.72. The standard InChI is InChI=1S/C12H10ClN7O/c13-5-10-17-12(20-21-10)7-3-1-2-4-8(7)18-19-9(6-14)11(15)16/h1-4,18H,5H2,(H3,15,16)/b19-9+. The maximum atomic E-state index is 8.80. The van der Waals surface area contributed by atoms with Crippen molar-refractivity contribution < 1.29 is 4.52 Å². The van der Waals surface area contributed by atoms with Crippen LogP contribution in [0.15, 0.2) is 33.9 Å². The van der Waals surface area contributed by atoms with Gasteiger partial charge in [-0.3, -0.25) is 10.8 Å². The van der Waals surface area contributed by atoms with Crippen molar-refractivity contribution in [3.63, 3.8) is 0 Å². The molecule has 0 saturated carbocycles. The van der Waals surface area contributed by atoms with E-state index in [-0.39, 0.29) is 11.6 Å². The predicted octanol–water partition coefficient (Wildman–Crippen LogP) is 1.70. The third-order valence-corrected chi connectivity index (χ3v) is 2.63. The Morgan fingerprint density at radius 3 is 2.90 bits per heavy atom. The van der Waals surface area contributed by atoms with Crippen LogP contribution < -0.4 is 11.2 Å². The Hall–Kier alpha value is -2.92. The maximum Gasteiger partial charge on any atom is 0.241 e. The van der Waals surface area contributed by atoms with Crippen LogP contribution in [-0.2, 0) is 5.88 Å². The summed E-state index contributed by atoms with van der Waals surface area (Å²) in [5, 5.41) is 23.6. The van der Waals surface area contributed by atoms with E-state index in [0.717, 1.165) is 0 Å². The van der Waals surface area contributed by atoms with Gasteiger partial charge in [-0.25, -0.2) is 0 Å². The zero-order valence-electron chi connectivity index (χ0n) is 10.7. The molecule has 0 bridgehead atoms. The molecule has 2 rings (SSSR count). The molecule has 21 heavy (non-hydrogen) atoms. The average molecular weight is 304 g/mol. The Morgan fingerprint density at radius 2 is 2.29 bits per heavy atom. The maximum absolute atomic E-state index is 8.80. The first-order chi connectivity index (χ1) is 10.2. The summed E-state index contributed by atoms with van der Waals surface area (Å²) in [5.41, 5.74) is 8.80. The summed E-state index contributed by atoms with van der Waals surface area (Å²) in [7, 11) is 0. The van der Waals surface area contributed by atoms with Gasteiger partial charge in [0.25, 0.3) is 0 Å². The molecule has 1 aromatic heterocycles. The summed E-state index contributed by atoms with van der Waals surface area (Å²) < 4.78 is 4.95. The van der Waals surface area contributed by atoms with Crippen LogP contribution in [0, 0.1) is 16.7 Å². The van der Waals surface area contributed by atoms with Crippen LogP contribution in [0.5, 0.6) is 0 Å². The lowest BCUT2D eigenvalue weighted by atomic mass is 10.2. The number of nitrogens with zero attached hydrogens (tertiary/aromatic N) is 4. The molecule has 0 atom stereocenters. The van der Waals surface area contributed by atoms with Crippen LogP contribution in [0.3, 0.4) is 0 Å². The van der Waals surface area contributed by atoms with E-state index in [1.165, 1.54) is 0 Å². The van der Waals surface area contributed by atoms with Crippen molar-refractivity contribution in [2.24, 2.45) is 10.8 Å². The summed E-state index contributed by atoms with van der Waals surface area (Å²) in [6.45, 7) is 0. The summed E-state index contributed by atoms with van der Waals surface area (Å²) in [4.78, 5) is 4.11. The van der Waals surface area contributed by atoms with Crippen LogP contribution in [0.4, 0.5) is 5.69 Å². The number of nitrogens with one attached hydrogen (secondary N) is 2. The topological polar surface area (TPSA) is 137 Å². The van der Waals surface area contributed by atoms with Crippen molar-refractivity contribution in [2.45, 2.75) is 5.88 Å². The van der Waals surface area contributed by atoms with Gasteiger partial charge >= 0.3 is 0 Å². The number of nitriles is 1. The summed E-state index contributed by atoms with van der Waals surface area (Å²) in [6.07, 6.45) is 0. The first-order valence-corrected chi connectivity index (χ1v) is 6.25. The number of rotatable bonds is 5. The third kappa shape index (κ3) is 3.34. The van der Waals surface area contributed by atoms with E-state index >= 15 is 0 Å². The number of alkyl halides is 1. The lowest BCUT2D eigenvalue weighted by molar-refractivity contribution is 0.391. The fraction of sp³-hybridized carbons (Fsp3) is 0.0833. The van der Waals surface area contributed by atoms with Gasteiger partial charge in [-0.05, 0) is 12.1 Å². The fourth-order valence-corrected chi connectivity index (χ4v) is 1.56.